The average Bonchev–Trinajstić information content (AvgIpc) is 2.35. The van der Waals surface area contributed by atoms with Crippen LogP contribution in [-0.4, -0.2) is 21.4 Å². The van der Waals surface area contributed by atoms with E-state index in [1.54, 1.807) is 33.1 Å². The molecule has 0 radical (unpaired) electrons. The molecular formula is C12H19O4PS. The van der Waals surface area contributed by atoms with Crippen molar-refractivity contribution in [3.8, 4) is 5.75 Å². The molecular weight excluding hydrogens is 271 g/mol. The van der Waals surface area contributed by atoms with Crippen LogP contribution in [0.25, 0.3) is 0 Å². The number of thioether (sulfide) groups is 1. The third-order valence-electron chi connectivity index (χ3n) is 3.00. The summed E-state index contributed by atoms with van der Waals surface area (Å²) in [5.41, 5.74) is 0. The molecule has 0 fully saturated rings. The zero-order valence-electron chi connectivity index (χ0n) is 10.8. The van der Waals surface area contributed by atoms with Crippen molar-refractivity contribution in [3.05, 3.63) is 24.3 Å². The molecule has 0 saturated heterocycles. The van der Waals surface area contributed by atoms with Gasteiger partial charge >= 0.3 is 7.60 Å². The van der Waals surface area contributed by atoms with E-state index in [2.05, 4.69) is 0 Å². The summed E-state index contributed by atoms with van der Waals surface area (Å²) in [7, 11) is -2.58. The topological polar surface area (TPSA) is 66.8 Å². The first-order chi connectivity index (χ1) is 8.38. The van der Waals surface area contributed by atoms with Crippen molar-refractivity contribution in [2.45, 2.75) is 36.1 Å². The highest BCUT2D eigenvalue weighted by Gasteiger charge is 2.44. The van der Waals surface area contributed by atoms with Gasteiger partial charge in [0.25, 0.3) is 0 Å². The summed E-state index contributed by atoms with van der Waals surface area (Å²) < 4.78 is 15.7. The van der Waals surface area contributed by atoms with Gasteiger partial charge in [-0.3, -0.25) is 4.57 Å². The second-order valence-corrected chi connectivity index (χ2v) is 7.68. The van der Waals surface area contributed by atoms with Crippen LogP contribution in [0.4, 0.5) is 0 Å². The first-order valence-electron chi connectivity index (χ1n) is 5.77. The summed E-state index contributed by atoms with van der Waals surface area (Å²) in [6.45, 7) is 3.61. The van der Waals surface area contributed by atoms with Gasteiger partial charge in [-0.15, -0.1) is 11.8 Å². The van der Waals surface area contributed by atoms with Crippen molar-refractivity contribution in [2.24, 2.45) is 0 Å². The number of rotatable bonds is 6. The van der Waals surface area contributed by atoms with Crippen molar-refractivity contribution in [1.82, 2.24) is 0 Å². The smallest absolute Gasteiger partial charge is 0.341 e. The minimum Gasteiger partial charge on any atom is -0.497 e. The quantitative estimate of drug-likeness (QED) is 0.620. The lowest BCUT2D eigenvalue weighted by atomic mass is 10.2. The van der Waals surface area contributed by atoms with Crippen molar-refractivity contribution in [1.29, 1.82) is 0 Å². The van der Waals surface area contributed by atoms with Crippen LogP contribution in [0, 0.1) is 0 Å². The molecule has 1 aromatic rings. The molecule has 2 N–H and O–H groups in total. The maximum Gasteiger partial charge on any atom is 0.341 e. The molecule has 0 heterocycles. The van der Waals surface area contributed by atoms with Gasteiger partial charge in [0.15, 0.2) is 0 Å². The third-order valence-corrected chi connectivity index (χ3v) is 7.15. The van der Waals surface area contributed by atoms with E-state index in [1.807, 2.05) is 12.1 Å². The lowest BCUT2D eigenvalue weighted by molar-refractivity contribution is 0.346. The third kappa shape index (κ3) is 3.29. The Morgan fingerprint density at radius 1 is 1.22 bits per heavy atom. The molecule has 0 atom stereocenters. The molecule has 0 aliphatic rings. The predicted octanol–water partition coefficient (Wildman–Crippen LogP) is 3.48. The fraction of sp³-hybridized carbons (Fsp3) is 0.500. The van der Waals surface area contributed by atoms with E-state index in [9.17, 15) is 14.4 Å². The van der Waals surface area contributed by atoms with Gasteiger partial charge in [-0.25, -0.2) is 0 Å². The van der Waals surface area contributed by atoms with Gasteiger partial charge in [0.1, 0.15) is 10.2 Å². The number of hydrogen-bond donors (Lipinski definition) is 2. The maximum absolute atomic E-state index is 11.7. The van der Waals surface area contributed by atoms with Gasteiger partial charge in [-0.2, -0.15) is 0 Å². The lowest BCUT2D eigenvalue weighted by Crippen LogP contribution is -2.22. The van der Waals surface area contributed by atoms with Crippen molar-refractivity contribution in [2.75, 3.05) is 7.11 Å². The molecule has 0 bridgehead atoms. The van der Waals surface area contributed by atoms with E-state index < -0.39 is 12.1 Å². The molecule has 102 valence electrons. The summed E-state index contributed by atoms with van der Waals surface area (Å²) in [6, 6.07) is 7.22. The highest BCUT2D eigenvalue weighted by Crippen LogP contribution is 2.62. The Morgan fingerprint density at radius 3 is 2.06 bits per heavy atom. The summed E-state index contributed by atoms with van der Waals surface area (Å²) in [6.07, 6.45) is 0.842. The molecule has 0 spiro atoms. The Morgan fingerprint density at radius 2 is 1.72 bits per heavy atom. The van der Waals surface area contributed by atoms with Crippen molar-refractivity contribution < 1.29 is 19.1 Å². The second-order valence-electron chi connectivity index (χ2n) is 3.97. The van der Waals surface area contributed by atoms with Gasteiger partial charge in [0.2, 0.25) is 0 Å². The van der Waals surface area contributed by atoms with Gasteiger partial charge in [-0.1, -0.05) is 13.8 Å². The molecule has 4 nitrogen and oxygen atoms in total. The largest absolute Gasteiger partial charge is 0.497 e. The summed E-state index contributed by atoms with van der Waals surface area (Å²) in [4.78, 5) is 19.9. The number of methoxy groups -OCH3 is 1. The molecule has 0 saturated carbocycles. The van der Waals surface area contributed by atoms with Crippen LogP contribution in [0.15, 0.2) is 29.2 Å². The molecule has 6 heteroatoms. The van der Waals surface area contributed by atoms with Gasteiger partial charge in [0.05, 0.1) is 7.11 Å². The van der Waals surface area contributed by atoms with E-state index >= 15 is 0 Å². The Labute approximate surface area is 112 Å². The zero-order valence-corrected chi connectivity index (χ0v) is 12.5. The van der Waals surface area contributed by atoms with E-state index in [1.165, 1.54) is 11.8 Å². The summed E-state index contributed by atoms with van der Waals surface area (Å²) in [5, 5.41) is 0. The Kier molecular flexibility index (Phi) is 5.29. The van der Waals surface area contributed by atoms with Gasteiger partial charge < -0.3 is 14.5 Å². The fourth-order valence-corrected chi connectivity index (χ4v) is 4.34. The normalized spacial score (nSPS) is 12.5. The van der Waals surface area contributed by atoms with E-state index in [4.69, 9.17) is 4.74 Å². The molecule has 0 aliphatic heterocycles. The van der Waals surface area contributed by atoms with E-state index in [0.29, 0.717) is 12.8 Å². The lowest BCUT2D eigenvalue weighted by Gasteiger charge is -2.31. The monoisotopic (exact) mass is 290 g/mol. The molecule has 0 amide bonds. The van der Waals surface area contributed by atoms with Crippen LogP contribution in [0.3, 0.4) is 0 Å². The van der Waals surface area contributed by atoms with Gasteiger partial charge in [-0.05, 0) is 37.1 Å². The van der Waals surface area contributed by atoms with Crippen LogP contribution in [0.5, 0.6) is 5.75 Å². The Hall–Kier alpha value is -0.480. The van der Waals surface area contributed by atoms with Crippen LogP contribution < -0.4 is 4.74 Å². The van der Waals surface area contributed by atoms with Crippen LogP contribution in [0.2, 0.25) is 0 Å². The number of benzene rings is 1. The predicted molar refractivity (Wildman–Crippen MR) is 74.2 cm³/mol. The zero-order chi connectivity index (χ0) is 13.8. The van der Waals surface area contributed by atoms with Crippen LogP contribution >= 0.6 is 19.4 Å². The second kappa shape index (κ2) is 6.11. The summed E-state index contributed by atoms with van der Waals surface area (Å²) in [5.74, 6) is 0.731. The summed E-state index contributed by atoms with van der Waals surface area (Å²) >= 11 is 1.24. The average molecular weight is 290 g/mol. The van der Waals surface area contributed by atoms with Crippen LogP contribution in [0.1, 0.15) is 26.7 Å². The minimum atomic E-state index is -4.16. The highest BCUT2D eigenvalue weighted by molar-refractivity contribution is 8.06. The number of ether oxygens (including phenoxy) is 1. The SMILES string of the molecule is CCC(CC)(Sc1ccc(OC)cc1)P(=O)(O)O. The molecule has 0 unspecified atom stereocenters. The van der Waals surface area contributed by atoms with Crippen molar-refractivity contribution >= 4 is 19.4 Å². The molecule has 18 heavy (non-hydrogen) atoms. The van der Waals surface area contributed by atoms with Crippen LogP contribution in [-0.2, 0) is 4.57 Å². The van der Waals surface area contributed by atoms with E-state index in [-0.39, 0.29) is 0 Å². The molecule has 0 aromatic heterocycles. The number of hydrogen-bond acceptors (Lipinski definition) is 3. The fourth-order valence-electron chi connectivity index (χ4n) is 1.73. The molecule has 1 rings (SSSR count). The van der Waals surface area contributed by atoms with Crippen molar-refractivity contribution in [3.63, 3.8) is 0 Å². The Bertz CT molecular complexity index is 422. The molecule has 1 aromatic carbocycles. The minimum absolute atomic E-state index is 0.421. The Balaban J connectivity index is 3.00. The molecule has 0 aliphatic carbocycles. The van der Waals surface area contributed by atoms with Gasteiger partial charge in [0, 0.05) is 4.90 Å². The first-order valence-corrected chi connectivity index (χ1v) is 8.20. The first kappa shape index (κ1) is 15.6. The standard InChI is InChI=1S/C12H19O4PS/c1-4-12(5-2,17(13,14)15)18-11-8-6-10(16-3)7-9-11/h6-9H,4-5H2,1-3H3,(H2,13,14,15). The highest BCUT2D eigenvalue weighted by atomic mass is 32.2. The maximum atomic E-state index is 11.7. The van der Waals surface area contributed by atoms with E-state index in [0.717, 1.165) is 10.6 Å².